The molecule has 2 N–H and O–H groups in total. The minimum Gasteiger partial charge on any atom is -0.449 e. The zero-order valence-corrected chi connectivity index (χ0v) is 10.4. The molecule has 0 aromatic carbocycles. The molecule has 0 atom stereocenters. The lowest BCUT2D eigenvalue weighted by Crippen LogP contribution is -2.40. The molecule has 0 aliphatic carbocycles. The number of hydrogen-bond acceptors (Lipinski definition) is 4. The summed E-state index contributed by atoms with van der Waals surface area (Å²) in [7, 11) is -2.58. The van der Waals surface area contributed by atoms with Crippen LogP contribution in [0.1, 0.15) is 20.8 Å². The van der Waals surface area contributed by atoms with Gasteiger partial charge in [0.1, 0.15) is 4.21 Å². The first-order chi connectivity index (χ1) is 6.74. The van der Waals surface area contributed by atoms with Crippen LogP contribution in [0.3, 0.4) is 0 Å². The first-order valence-electron chi connectivity index (χ1n) is 4.36. The molecule has 1 rings (SSSR count). The molecule has 0 fully saturated rings. The van der Waals surface area contributed by atoms with Crippen molar-refractivity contribution in [3.05, 3.63) is 12.1 Å². The molecule has 0 unspecified atom stereocenters. The van der Waals surface area contributed by atoms with E-state index in [1.165, 1.54) is 6.07 Å². The molecular formula is C8H13BNO3S2. The molecule has 0 saturated carbocycles. The first-order valence-corrected chi connectivity index (χ1v) is 6.66. The highest BCUT2D eigenvalue weighted by atomic mass is 32.2. The van der Waals surface area contributed by atoms with Gasteiger partial charge in [-0.3, -0.25) is 0 Å². The minimum atomic E-state index is -3.47. The average molecular weight is 246 g/mol. The van der Waals surface area contributed by atoms with Crippen LogP contribution in [0.4, 0.5) is 0 Å². The van der Waals surface area contributed by atoms with Crippen molar-refractivity contribution in [2.45, 2.75) is 30.5 Å². The lowest BCUT2D eigenvalue weighted by Gasteiger charge is -2.19. The molecule has 0 aliphatic rings. The SMILES string of the molecule is CC(C)(C)NS(=O)(=O)c1ccc([B]O)s1. The van der Waals surface area contributed by atoms with Gasteiger partial charge in [0.15, 0.2) is 0 Å². The molecule has 0 spiro atoms. The van der Waals surface area contributed by atoms with E-state index >= 15 is 0 Å². The van der Waals surface area contributed by atoms with Gasteiger partial charge in [-0.1, -0.05) is 6.07 Å². The molecule has 15 heavy (non-hydrogen) atoms. The molecule has 4 nitrogen and oxygen atoms in total. The fraction of sp³-hybridized carbons (Fsp3) is 0.500. The van der Waals surface area contributed by atoms with E-state index in [1.807, 2.05) is 0 Å². The zero-order valence-electron chi connectivity index (χ0n) is 8.81. The summed E-state index contributed by atoms with van der Waals surface area (Å²) in [6.45, 7) is 5.33. The maximum absolute atomic E-state index is 11.8. The van der Waals surface area contributed by atoms with Crippen LogP contribution in [0.15, 0.2) is 16.3 Å². The maximum atomic E-state index is 11.8. The Morgan fingerprint density at radius 2 is 2.00 bits per heavy atom. The van der Waals surface area contributed by atoms with Crippen molar-refractivity contribution in [2.24, 2.45) is 0 Å². The number of thiophene rings is 1. The van der Waals surface area contributed by atoms with Gasteiger partial charge in [-0.25, -0.2) is 13.1 Å². The minimum absolute atomic E-state index is 0.206. The van der Waals surface area contributed by atoms with Crippen molar-refractivity contribution in [3.8, 4) is 0 Å². The Kier molecular flexibility index (Phi) is 3.60. The second-order valence-electron chi connectivity index (χ2n) is 4.14. The third-order valence-corrected chi connectivity index (χ3v) is 4.70. The third-order valence-electron chi connectivity index (χ3n) is 1.43. The van der Waals surface area contributed by atoms with Gasteiger partial charge in [0.05, 0.1) is 0 Å². The Morgan fingerprint density at radius 1 is 1.40 bits per heavy atom. The summed E-state index contributed by atoms with van der Waals surface area (Å²) < 4.78 is 26.8. The van der Waals surface area contributed by atoms with Crippen molar-refractivity contribution in [3.63, 3.8) is 0 Å². The topological polar surface area (TPSA) is 66.4 Å². The highest BCUT2D eigenvalue weighted by Gasteiger charge is 2.23. The Morgan fingerprint density at radius 3 is 2.40 bits per heavy atom. The summed E-state index contributed by atoms with van der Waals surface area (Å²) in [6.07, 6.45) is 0. The van der Waals surface area contributed by atoms with Crippen molar-refractivity contribution in [1.82, 2.24) is 4.72 Å². The number of hydrogen-bond donors (Lipinski definition) is 2. The van der Waals surface area contributed by atoms with Gasteiger partial charge in [-0.2, -0.15) is 0 Å². The van der Waals surface area contributed by atoms with Gasteiger partial charge in [0.2, 0.25) is 0 Å². The molecular weight excluding hydrogens is 233 g/mol. The molecule has 1 radical (unpaired) electrons. The molecule has 0 amide bonds. The molecule has 1 aromatic heterocycles. The second kappa shape index (κ2) is 4.25. The van der Waals surface area contributed by atoms with Crippen LogP contribution in [0.25, 0.3) is 0 Å². The Bertz CT molecular complexity index is 433. The predicted molar refractivity (Wildman–Crippen MR) is 62.0 cm³/mol. The normalized spacial score (nSPS) is 12.8. The molecule has 0 saturated heterocycles. The zero-order chi connectivity index (χ0) is 11.7. The second-order valence-corrected chi connectivity index (χ2v) is 7.17. The van der Waals surface area contributed by atoms with Gasteiger partial charge >= 0.3 is 7.48 Å². The van der Waals surface area contributed by atoms with E-state index in [4.69, 9.17) is 5.02 Å². The van der Waals surface area contributed by atoms with Crippen LogP contribution in [0.5, 0.6) is 0 Å². The van der Waals surface area contributed by atoms with Gasteiger partial charge in [0, 0.05) is 10.3 Å². The standard InChI is InChI=1S/C8H13BNO3S2/c1-8(2,3)10-15(12,13)7-5-4-6(9-11)14-7/h4-5,10-11H,1-3H3. The van der Waals surface area contributed by atoms with Gasteiger partial charge in [-0.15, -0.1) is 11.3 Å². The van der Waals surface area contributed by atoms with Crippen molar-refractivity contribution in [1.29, 1.82) is 0 Å². The van der Waals surface area contributed by atoms with E-state index in [0.29, 0.717) is 4.78 Å². The number of sulfonamides is 1. The lowest BCUT2D eigenvalue weighted by molar-refractivity contribution is 0.492. The van der Waals surface area contributed by atoms with E-state index in [9.17, 15) is 8.42 Å². The van der Waals surface area contributed by atoms with Gasteiger partial charge < -0.3 is 5.02 Å². The summed E-state index contributed by atoms with van der Waals surface area (Å²) in [6, 6.07) is 3.03. The van der Waals surface area contributed by atoms with E-state index in [-0.39, 0.29) is 4.21 Å². The molecule has 0 aliphatic heterocycles. The summed E-state index contributed by atoms with van der Waals surface area (Å²) >= 11 is 1.02. The molecule has 1 heterocycles. The van der Waals surface area contributed by atoms with Crippen LogP contribution in [-0.4, -0.2) is 26.5 Å². The third kappa shape index (κ3) is 3.60. The van der Waals surface area contributed by atoms with Crippen molar-refractivity contribution in [2.75, 3.05) is 0 Å². The van der Waals surface area contributed by atoms with Crippen molar-refractivity contribution >= 4 is 33.6 Å². The van der Waals surface area contributed by atoms with Gasteiger partial charge in [0.25, 0.3) is 10.0 Å². The molecule has 7 heteroatoms. The van der Waals surface area contributed by atoms with E-state index < -0.39 is 15.6 Å². The van der Waals surface area contributed by atoms with Crippen LogP contribution in [0, 0.1) is 0 Å². The summed E-state index contributed by atoms with van der Waals surface area (Å²) in [5, 5.41) is 8.72. The summed E-state index contributed by atoms with van der Waals surface area (Å²) in [5.41, 5.74) is -0.508. The fourth-order valence-electron chi connectivity index (χ4n) is 1.00. The predicted octanol–water partition coefficient (Wildman–Crippen LogP) is 0.0617. The smallest absolute Gasteiger partial charge is 0.337 e. The van der Waals surface area contributed by atoms with E-state index in [0.717, 1.165) is 18.8 Å². The Hall–Kier alpha value is -0.365. The largest absolute Gasteiger partial charge is 0.449 e. The average Bonchev–Trinajstić information content (AvgIpc) is 2.47. The van der Waals surface area contributed by atoms with E-state index in [2.05, 4.69) is 4.72 Å². The summed E-state index contributed by atoms with van der Waals surface area (Å²) in [5.74, 6) is 0. The van der Waals surface area contributed by atoms with Crippen LogP contribution < -0.4 is 9.50 Å². The highest BCUT2D eigenvalue weighted by Crippen LogP contribution is 2.16. The highest BCUT2D eigenvalue weighted by molar-refractivity contribution is 7.91. The lowest BCUT2D eigenvalue weighted by atomic mass is 10.0. The monoisotopic (exact) mass is 246 g/mol. The number of nitrogens with one attached hydrogen (secondary N) is 1. The van der Waals surface area contributed by atoms with Gasteiger partial charge in [-0.05, 0) is 26.8 Å². The Labute approximate surface area is 94.7 Å². The van der Waals surface area contributed by atoms with Crippen LogP contribution in [0.2, 0.25) is 0 Å². The van der Waals surface area contributed by atoms with Crippen LogP contribution in [-0.2, 0) is 10.0 Å². The first kappa shape index (κ1) is 12.7. The molecule has 1 aromatic rings. The fourth-order valence-corrected chi connectivity index (χ4v) is 3.57. The summed E-state index contributed by atoms with van der Waals surface area (Å²) in [4.78, 5) is 0. The molecule has 0 bridgehead atoms. The van der Waals surface area contributed by atoms with Crippen molar-refractivity contribution < 1.29 is 13.4 Å². The maximum Gasteiger partial charge on any atom is 0.337 e. The van der Waals surface area contributed by atoms with Crippen LogP contribution >= 0.6 is 11.3 Å². The number of rotatable bonds is 3. The Balaban J connectivity index is 2.96. The quantitative estimate of drug-likeness (QED) is 0.741. The van der Waals surface area contributed by atoms with E-state index in [1.54, 1.807) is 26.8 Å². The molecule has 83 valence electrons.